The van der Waals surface area contributed by atoms with Crippen molar-refractivity contribution in [1.82, 2.24) is 20.0 Å². The lowest BCUT2D eigenvalue weighted by Gasteiger charge is -2.54. The van der Waals surface area contributed by atoms with Crippen molar-refractivity contribution in [1.29, 1.82) is 5.26 Å². The molecule has 5 rings (SSSR count). The second-order valence-electron chi connectivity index (χ2n) is 8.80. The number of carbonyl (C=O) groups is 5. The van der Waals surface area contributed by atoms with Gasteiger partial charge in [-0.2, -0.15) is 5.26 Å². The fraction of sp³-hybridized carbons (Fsp3) is 0.455. The lowest BCUT2D eigenvalue weighted by atomic mass is 9.87. The summed E-state index contributed by atoms with van der Waals surface area (Å²) in [6, 6.07) is 6.37. The fourth-order valence-electron chi connectivity index (χ4n) is 5.02. The molecule has 1 N–H and O–H groups in total. The molecule has 0 saturated carbocycles. The number of hydrogen-bond acceptors (Lipinski definition) is 8. The highest BCUT2D eigenvalue weighted by atomic mass is 16.2. The number of amides is 5. The zero-order valence-electron chi connectivity index (χ0n) is 17.8. The number of piperazine rings is 1. The Labute approximate surface area is 189 Å². The number of nitriles is 1. The summed E-state index contributed by atoms with van der Waals surface area (Å²) in [6.07, 6.45) is 1.00. The predicted octanol–water partition coefficient (Wildman–Crippen LogP) is -1.06. The number of anilines is 1. The van der Waals surface area contributed by atoms with Gasteiger partial charge in [0.1, 0.15) is 11.6 Å². The van der Waals surface area contributed by atoms with Crippen LogP contribution in [0.5, 0.6) is 0 Å². The SMILES string of the molecule is N#CC1(N2CCN(C=O)CC2)CN(c2ccc3c(c2)C(=O)N(C2CCC(=O)NC2=O)C3=O)C1. The third-order valence-corrected chi connectivity index (χ3v) is 6.97. The average Bonchev–Trinajstić information content (AvgIpc) is 3.04. The molecule has 1 unspecified atom stereocenters. The van der Waals surface area contributed by atoms with Gasteiger partial charge in [0.2, 0.25) is 18.2 Å². The van der Waals surface area contributed by atoms with Gasteiger partial charge in [-0.05, 0) is 24.6 Å². The Morgan fingerprint density at radius 2 is 1.73 bits per heavy atom. The summed E-state index contributed by atoms with van der Waals surface area (Å²) in [5, 5.41) is 12.0. The molecule has 11 heteroatoms. The van der Waals surface area contributed by atoms with Gasteiger partial charge in [-0.3, -0.25) is 39.1 Å². The molecule has 1 atom stereocenters. The number of fused-ring (bicyclic) bond motifs is 1. The normalized spacial score (nSPS) is 24.8. The van der Waals surface area contributed by atoms with Crippen LogP contribution >= 0.6 is 0 Å². The van der Waals surface area contributed by atoms with E-state index in [-0.39, 0.29) is 24.0 Å². The molecule has 0 aromatic heterocycles. The van der Waals surface area contributed by atoms with E-state index in [2.05, 4.69) is 16.3 Å². The third kappa shape index (κ3) is 3.25. The molecule has 0 bridgehead atoms. The summed E-state index contributed by atoms with van der Waals surface area (Å²) < 4.78 is 0. The van der Waals surface area contributed by atoms with E-state index in [9.17, 15) is 29.2 Å². The van der Waals surface area contributed by atoms with Crippen LogP contribution in [0.25, 0.3) is 0 Å². The van der Waals surface area contributed by atoms with E-state index in [1.807, 2.05) is 4.90 Å². The maximum Gasteiger partial charge on any atom is 0.262 e. The minimum absolute atomic E-state index is 0.0696. The highest BCUT2D eigenvalue weighted by Gasteiger charge is 2.50. The quantitative estimate of drug-likeness (QED) is 0.453. The van der Waals surface area contributed by atoms with Crippen LogP contribution in [0.3, 0.4) is 0 Å². The van der Waals surface area contributed by atoms with Gasteiger partial charge in [0.05, 0.1) is 30.3 Å². The number of nitrogens with one attached hydrogen (secondary N) is 1. The van der Waals surface area contributed by atoms with Gasteiger partial charge < -0.3 is 9.80 Å². The predicted molar refractivity (Wildman–Crippen MR) is 113 cm³/mol. The van der Waals surface area contributed by atoms with Crippen LogP contribution in [0.15, 0.2) is 18.2 Å². The zero-order chi connectivity index (χ0) is 23.3. The molecule has 0 aliphatic carbocycles. The molecule has 11 nitrogen and oxygen atoms in total. The first-order valence-electron chi connectivity index (χ1n) is 10.8. The summed E-state index contributed by atoms with van der Waals surface area (Å²) in [6.45, 7) is 3.30. The first-order chi connectivity index (χ1) is 15.9. The number of carbonyl (C=O) groups excluding carboxylic acids is 5. The first-order valence-corrected chi connectivity index (χ1v) is 10.8. The molecule has 4 heterocycles. The van der Waals surface area contributed by atoms with Crippen molar-refractivity contribution >= 4 is 35.7 Å². The van der Waals surface area contributed by atoms with Gasteiger partial charge in [-0.25, -0.2) is 0 Å². The van der Waals surface area contributed by atoms with Gasteiger partial charge in [0, 0.05) is 38.3 Å². The Morgan fingerprint density at radius 3 is 2.36 bits per heavy atom. The summed E-state index contributed by atoms with van der Waals surface area (Å²) in [5.74, 6) is -2.15. The Bertz CT molecular complexity index is 1110. The molecule has 4 aliphatic heterocycles. The largest absolute Gasteiger partial charge is 0.365 e. The number of nitrogens with zero attached hydrogens (tertiary/aromatic N) is 5. The molecule has 33 heavy (non-hydrogen) atoms. The average molecular weight is 450 g/mol. The second-order valence-corrected chi connectivity index (χ2v) is 8.80. The van der Waals surface area contributed by atoms with Crippen LogP contribution in [-0.4, -0.2) is 95.6 Å². The maximum absolute atomic E-state index is 13.0. The lowest BCUT2D eigenvalue weighted by Crippen LogP contribution is -2.72. The number of hydrogen-bond donors (Lipinski definition) is 1. The van der Waals surface area contributed by atoms with Crippen LogP contribution in [0.1, 0.15) is 33.6 Å². The minimum Gasteiger partial charge on any atom is -0.365 e. The summed E-state index contributed by atoms with van der Waals surface area (Å²) >= 11 is 0. The molecule has 170 valence electrons. The third-order valence-electron chi connectivity index (χ3n) is 6.97. The van der Waals surface area contributed by atoms with Crippen molar-refractivity contribution < 1.29 is 24.0 Å². The molecule has 0 spiro atoms. The van der Waals surface area contributed by atoms with Crippen molar-refractivity contribution in [3.8, 4) is 6.07 Å². The second kappa shape index (κ2) is 7.67. The Morgan fingerprint density at radius 1 is 1.03 bits per heavy atom. The van der Waals surface area contributed by atoms with Gasteiger partial charge in [-0.15, -0.1) is 0 Å². The van der Waals surface area contributed by atoms with Crippen molar-refractivity contribution in [2.75, 3.05) is 44.2 Å². The molecule has 0 radical (unpaired) electrons. The van der Waals surface area contributed by atoms with Gasteiger partial charge >= 0.3 is 0 Å². The van der Waals surface area contributed by atoms with Crippen molar-refractivity contribution in [2.45, 2.75) is 24.4 Å². The number of imide groups is 2. The van der Waals surface area contributed by atoms with E-state index in [0.717, 1.165) is 17.0 Å². The van der Waals surface area contributed by atoms with Crippen molar-refractivity contribution in [2.24, 2.45) is 0 Å². The highest BCUT2D eigenvalue weighted by Crippen LogP contribution is 2.36. The van der Waals surface area contributed by atoms with Crippen LogP contribution in [0, 0.1) is 11.3 Å². The molecule has 3 fully saturated rings. The summed E-state index contributed by atoms with van der Waals surface area (Å²) in [5.41, 5.74) is 0.506. The van der Waals surface area contributed by atoms with E-state index >= 15 is 0 Å². The van der Waals surface area contributed by atoms with Crippen molar-refractivity contribution in [3.05, 3.63) is 29.3 Å². The number of piperidine rings is 1. The van der Waals surface area contributed by atoms with Crippen LogP contribution in [-0.2, 0) is 14.4 Å². The molecule has 1 aromatic rings. The minimum atomic E-state index is -1.00. The maximum atomic E-state index is 13.0. The first kappa shape index (κ1) is 21.1. The molecular weight excluding hydrogens is 428 g/mol. The van der Waals surface area contributed by atoms with Crippen LogP contribution < -0.4 is 10.2 Å². The topological polar surface area (TPSA) is 134 Å². The van der Waals surface area contributed by atoms with Crippen LogP contribution in [0.2, 0.25) is 0 Å². The van der Waals surface area contributed by atoms with Crippen LogP contribution in [0.4, 0.5) is 5.69 Å². The zero-order valence-corrected chi connectivity index (χ0v) is 17.8. The molecule has 3 saturated heterocycles. The number of benzene rings is 1. The van der Waals surface area contributed by atoms with Crippen molar-refractivity contribution in [3.63, 3.8) is 0 Å². The molecule has 1 aromatic carbocycles. The summed E-state index contributed by atoms with van der Waals surface area (Å²) in [4.78, 5) is 67.2. The van der Waals surface area contributed by atoms with E-state index in [4.69, 9.17) is 0 Å². The fourth-order valence-corrected chi connectivity index (χ4v) is 5.02. The lowest BCUT2D eigenvalue weighted by molar-refractivity contribution is -0.136. The Hall–Kier alpha value is -3.78. The Kier molecular flexibility index (Phi) is 4.90. The smallest absolute Gasteiger partial charge is 0.262 e. The molecule has 5 amide bonds. The van der Waals surface area contributed by atoms with E-state index in [1.54, 1.807) is 23.1 Å². The van der Waals surface area contributed by atoms with E-state index < -0.39 is 35.2 Å². The van der Waals surface area contributed by atoms with Gasteiger partial charge in [0.15, 0.2) is 0 Å². The molecule has 4 aliphatic rings. The van der Waals surface area contributed by atoms with E-state index in [1.165, 1.54) is 0 Å². The molecular formula is C22H22N6O5. The highest BCUT2D eigenvalue weighted by molar-refractivity contribution is 6.23. The van der Waals surface area contributed by atoms with Gasteiger partial charge in [0.25, 0.3) is 11.8 Å². The number of rotatable bonds is 4. The summed E-state index contributed by atoms with van der Waals surface area (Å²) in [7, 11) is 0. The Balaban J connectivity index is 1.32. The van der Waals surface area contributed by atoms with E-state index in [0.29, 0.717) is 39.3 Å². The monoisotopic (exact) mass is 450 g/mol. The van der Waals surface area contributed by atoms with Gasteiger partial charge in [-0.1, -0.05) is 0 Å². The standard InChI is InChI=1S/C22H22N6O5/c23-10-22(27-7-5-25(13-29)6-8-27)11-26(12-22)14-1-2-15-16(9-14)21(33)28(20(15)32)17-3-4-18(30)24-19(17)31/h1-2,9,13,17H,3-8,11-12H2,(H,24,30,31).